The highest BCUT2D eigenvalue weighted by atomic mass is 16.5. The third-order valence-corrected chi connectivity index (χ3v) is 3.38. The fourth-order valence-electron chi connectivity index (χ4n) is 2.38. The number of ether oxygens (including phenoxy) is 1. The minimum Gasteiger partial charge on any atom is -0.468 e. The molecule has 1 atom stereocenters. The Balaban J connectivity index is 1.90. The topological polar surface area (TPSA) is 47.4 Å². The summed E-state index contributed by atoms with van der Waals surface area (Å²) in [4.78, 5) is 18.0. The third kappa shape index (κ3) is 2.66. The van der Waals surface area contributed by atoms with Gasteiger partial charge in [-0.2, -0.15) is 0 Å². The molecule has 0 aromatic carbocycles. The molecule has 1 aromatic rings. The van der Waals surface area contributed by atoms with E-state index in [1.807, 2.05) is 17.8 Å². The number of carbonyl (C=O) groups excluding carboxylic acids is 1. The Bertz CT molecular complexity index is 389. The van der Waals surface area contributed by atoms with E-state index in [4.69, 9.17) is 4.74 Å². The monoisotopic (exact) mass is 237 g/mol. The van der Waals surface area contributed by atoms with Gasteiger partial charge in [0.05, 0.1) is 7.11 Å². The molecule has 1 aliphatic rings. The predicted molar refractivity (Wildman–Crippen MR) is 63.5 cm³/mol. The molecule has 1 aliphatic heterocycles. The summed E-state index contributed by atoms with van der Waals surface area (Å²) < 4.78 is 6.84. The summed E-state index contributed by atoms with van der Waals surface area (Å²) in [6, 6.07) is -0.0553. The molecule has 2 rings (SSSR count). The van der Waals surface area contributed by atoms with Crippen molar-refractivity contribution in [3.63, 3.8) is 0 Å². The molecule has 0 N–H and O–H groups in total. The van der Waals surface area contributed by atoms with Crippen molar-refractivity contribution in [2.75, 3.05) is 20.2 Å². The number of imidazole rings is 1. The second-order valence-corrected chi connectivity index (χ2v) is 4.42. The van der Waals surface area contributed by atoms with E-state index >= 15 is 0 Å². The average molecular weight is 237 g/mol. The molecule has 1 saturated heterocycles. The van der Waals surface area contributed by atoms with Crippen LogP contribution in [0.25, 0.3) is 0 Å². The predicted octanol–water partition coefficient (Wildman–Crippen LogP) is 0.600. The van der Waals surface area contributed by atoms with E-state index in [0.29, 0.717) is 0 Å². The minimum absolute atomic E-state index is 0.0553. The van der Waals surface area contributed by atoms with Gasteiger partial charge in [0.1, 0.15) is 11.9 Å². The number of rotatable bonds is 4. The fraction of sp³-hybridized carbons (Fsp3) is 0.667. The van der Waals surface area contributed by atoms with E-state index in [0.717, 1.165) is 38.2 Å². The molecule has 0 aliphatic carbocycles. The van der Waals surface area contributed by atoms with Crippen LogP contribution in [-0.2, 0) is 23.0 Å². The van der Waals surface area contributed by atoms with Gasteiger partial charge in [0.15, 0.2) is 0 Å². The molecule has 0 saturated carbocycles. The lowest BCUT2D eigenvalue weighted by molar-refractivity contribution is -0.145. The number of esters is 1. The van der Waals surface area contributed by atoms with E-state index in [2.05, 4.69) is 9.88 Å². The number of nitrogens with zero attached hydrogens (tertiary/aromatic N) is 3. The highest BCUT2D eigenvalue weighted by Crippen LogP contribution is 2.18. The Kier molecular flexibility index (Phi) is 3.78. The summed E-state index contributed by atoms with van der Waals surface area (Å²) in [7, 11) is 3.45. The first-order chi connectivity index (χ1) is 8.22. The molecule has 1 fully saturated rings. The molecule has 5 nitrogen and oxygen atoms in total. The van der Waals surface area contributed by atoms with Gasteiger partial charge in [0.2, 0.25) is 0 Å². The van der Waals surface area contributed by atoms with Gasteiger partial charge in [-0.05, 0) is 19.4 Å². The molecular formula is C12H19N3O2. The van der Waals surface area contributed by atoms with Crippen LogP contribution in [0.2, 0.25) is 0 Å². The highest BCUT2D eigenvalue weighted by Gasteiger charge is 2.31. The van der Waals surface area contributed by atoms with Crippen molar-refractivity contribution in [1.82, 2.24) is 14.5 Å². The van der Waals surface area contributed by atoms with E-state index in [1.54, 1.807) is 6.20 Å². The van der Waals surface area contributed by atoms with Gasteiger partial charge in [-0.3, -0.25) is 9.69 Å². The summed E-state index contributed by atoms with van der Waals surface area (Å²) in [6.45, 7) is 1.84. The summed E-state index contributed by atoms with van der Waals surface area (Å²) in [6.07, 6.45) is 6.60. The molecule has 2 heterocycles. The van der Waals surface area contributed by atoms with Crippen molar-refractivity contribution in [3.8, 4) is 0 Å². The smallest absolute Gasteiger partial charge is 0.323 e. The first-order valence-corrected chi connectivity index (χ1v) is 6.00. The summed E-state index contributed by atoms with van der Waals surface area (Å²) in [5.41, 5.74) is 0. The van der Waals surface area contributed by atoms with Gasteiger partial charge >= 0.3 is 5.97 Å². The van der Waals surface area contributed by atoms with Gasteiger partial charge in [-0.15, -0.1) is 0 Å². The van der Waals surface area contributed by atoms with Crippen LogP contribution in [0.1, 0.15) is 18.7 Å². The zero-order valence-electron chi connectivity index (χ0n) is 10.4. The van der Waals surface area contributed by atoms with Crippen molar-refractivity contribution in [1.29, 1.82) is 0 Å². The van der Waals surface area contributed by atoms with E-state index in [1.165, 1.54) is 7.11 Å². The molecule has 5 heteroatoms. The van der Waals surface area contributed by atoms with Crippen LogP contribution in [0.3, 0.4) is 0 Å². The molecule has 0 radical (unpaired) electrons. The summed E-state index contributed by atoms with van der Waals surface area (Å²) >= 11 is 0. The van der Waals surface area contributed by atoms with E-state index in [9.17, 15) is 4.79 Å². The lowest BCUT2D eigenvalue weighted by Crippen LogP contribution is -2.38. The minimum atomic E-state index is -0.109. The Morgan fingerprint density at radius 3 is 3.12 bits per heavy atom. The Morgan fingerprint density at radius 1 is 1.65 bits per heavy atom. The number of carbonyl (C=O) groups is 1. The summed E-state index contributed by atoms with van der Waals surface area (Å²) in [5, 5.41) is 0. The van der Waals surface area contributed by atoms with Crippen molar-refractivity contribution in [3.05, 3.63) is 18.2 Å². The maximum absolute atomic E-state index is 11.6. The normalized spacial score (nSPS) is 20.7. The number of likely N-dealkylation sites (tertiary alicyclic amines) is 1. The van der Waals surface area contributed by atoms with Crippen molar-refractivity contribution < 1.29 is 9.53 Å². The second-order valence-electron chi connectivity index (χ2n) is 4.42. The molecule has 0 bridgehead atoms. The van der Waals surface area contributed by atoms with Gasteiger partial charge in [-0.25, -0.2) is 4.98 Å². The molecular weight excluding hydrogens is 218 g/mol. The van der Waals surface area contributed by atoms with Gasteiger partial charge in [-0.1, -0.05) is 0 Å². The molecule has 17 heavy (non-hydrogen) atoms. The Morgan fingerprint density at radius 2 is 2.47 bits per heavy atom. The first kappa shape index (κ1) is 12.1. The van der Waals surface area contributed by atoms with Crippen LogP contribution in [0, 0.1) is 0 Å². The maximum Gasteiger partial charge on any atom is 0.323 e. The molecule has 1 aromatic heterocycles. The molecule has 0 spiro atoms. The quantitative estimate of drug-likeness (QED) is 0.719. The molecule has 0 amide bonds. The van der Waals surface area contributed by atoms with Crippen molar-refractivity contribution >= 4 is 5.97 Å². The fourth-order valence-corrected chi connectivity index (χ4v) is 2.38. The number of aromatic nitrogens is 2. The largest absolute Gasteiger partial charge is 0.468 e. The lowest BCUT2D eigenvalue weighted by Gasteiger charge is -2.21. The van der Waals surface area contributed by atoms with Crippen LogP contribution >= 0.6 is 0 Å². The maximum atomic E-state index is 11.6. The van der Waals surface area contributed by atoms with Crippen LogP contribution in [-0.4, -0.2) is 46.7 Å². The molecule has 94 valence electrons. The van der Waals surface area contributed by atoms with E-state index < -0.39 is 0 Å². The summed E-state index contributed by atoms with van der Waals surface area (Å²) in [5.74, 6) is 0.947. The Labute approximate surface area is 101 Å². The van der Waals surface area contributed by atoms with Gasteiger partial charge in [0, 0.05) is 32.4 Å². The zero-order chi connectivity index (χ0) is 12.3. The average Bonchev–Trinajstić information content (AvgIpc) is 2.94. The third-order valence-electron chi connectivity index (χ3n) is 3.38. The number of aryl methyl sites for hydroxylation is 1. The first-order valence-electron chi connectivity index (χ1n) is 6.00. The second kappa shape index (κ2) is 5.31. The zero-order valence-corrected chi connectivity index (χ0v) is 10.4. The van der Waals surface area contributed by atoms with Crippen LogP contribution in [0.4, 0.5) is 0 Å². The number of hydrogen-bond acceptors (Lipinski definition) is 4. The van der Waals surface area contributed by atoms with Crippen molar-refractivity contribution in [2.24, 2.45) is 7.05 Å². The SMILES string of the molecule is COC(=O)C1CCCN1CCc1nccn1C. The van der Waals surface area contributed by atoms with Crippen LogP contribution in [0.5, 0.6) is 0 Å². The van der Waals surface area contributed by atoms with Gasteiger partial charge < -0.3 is 9.30 Å². The van der Waals surface area contributed by atoms with Crippen molar-refractivity contribution in [2.45, 2.75) is 25.3 Å². The number of methoxy groups -OCH3 is 1. The Hall–Kier alpha value is -1.36. The van der Waals surface area contributed by atoms with E-state index in [-0.39, 0.29) is 12.0 Å². The van der Waals surface area contributed by atoms with Crippen LogP contribution < -0.4 is 0 Å². The standard InChI is InChI=1S/C12H19N3O2/c1-14-9-6-13-11(14)5-8-15-7-3-4-10(15)12(16)17-2/h6,9-10H,3-5,7-8H2,1-2H3. The lowest BCUT2D eigenvalue weighted by atomic mass is 10.2. The molecule has 1 unspecified atom stereocenters. The van der Waals surface area contributed by atoms with Crippen LogP contribution in [0.15, 0.2) is 12.4 Å². The van der Waals surface area contributed by atoms with Gasteiger partial charge in [0.25, 0.3) is 0 Å². The highest BCUT2D eigenvalue weighted by molar-refractivity contribution is 5.75. The number of hydrogen-bond donors (Lipinski definition) is 0.